The first-order valence-corrected chi connectivity index (χ1v) is 8.69. The van der Waals surface area contributed by atoms with Gasteiger partial charge in [-0.25, -0.2) is 4.68 Å². The first kappa shape index (κ1) is 22.7. The molecular weight excluding hydrogens is 394 g/mol. The van der Waals surface area contributed by atoms with E-state index in [0.29, 0.717) is 6.54 Å². The van der Waals surface area contributed by atoms with E-state index in [0.717, 1.165) is 22.9 Å². The van der Waals surface area contributed by atoms with E-state index in [1.807, 2.05) is 99.0 Å². The number of para-hydroxylation sites is 1. The van der Waals surface area contributed by atoms with E-state index in [9.17, 15) is 4.79 Å². The first-order chi connectivity index (χ1) is 13.2. The minimum Gasteiger partial charge on any atom is -0.480 e. The molecular formula is C22H21FeN3O2+2. The van der Waals surface area contributed by atoms with Gasteiger partial charge in [0.2, 0.25) is 0 Å². The van der Waals surface area contributed by atoms with Gasteiger partial charge in [0.05, 0.1) is 17.9 Å². The standard InChI is InChI=1S/C17H16N3O2.C5H5.Fe/c21-16(22)11-18-10-14-12-20(15-8-2-1-3-9-15)19-17(14)13-6-4-5-7-13;1-2-4-5-3-1;/h1-9,12,18H,10-11H2,(H,21,22);1-5H;/q;;+2. The van der Waals surface area contributed by atoms with Crippen LogP contribution in [-0.2, 0) is 28.4 Å². The third-order valence-corrected chi connectivity index (χ3v) is 3.89. The van der Waals surface area contributed by atoms with Gasteiger partial charge >= 0.3 is 23.0 Å². The topological polar surface area (TPSA) is 67.2 Å². The van der Waals surface area contributed by atoms with Crippen molar-refractivity contribution in [2.75, 3.05) is 6.54 Å². The Morgan fingerprint density at radius 3 is 2.14 bits per heavy atom. The fourth-order valence-corrected chi connectivity index (χ4v) is 2.65. The second-order valence-corrected chi connectivity index (χ2v) is 5.92. The Morgan fingerprint density at radius 1 is 0.964 bits per heavy atom. The van der Waals surface area contributed by atoms with Crippen LogP contribution in [-0.4, -0.2) is 27.4 Å². The van der Waals surface area contributed by atoms with Crippen molar-refractivity contribution in [3.05, 3.63) is 111 Å². The Bertz CT molecular complexity index is 700. The Balaban J connectivity index is 0.000000408. The largest absolute Gasteiger partial charge is 2.00 e. The summed E-state index contributed by atoms with van der Waals surface area (Å²) in [6.45, 7) is 0.386. The van der Waals surface area contributed by atoms with Crippen LogP contribution < -0.4 is 5.32 Å². The average molecular weight is 415 g/mol. The van der Waals surface area contributed by atoms with E-state index in [1.165, 1.54) is 0 Å². The van der Waals surface area contributed by atoms with E-state index in [1.54, 1.807) is 0 Å². The van der Waals surface area contributed by atoms with Gasteiger partial charge < -0.3 is 10.4 Å². The monoisotopic (exact) mass is 415 g/mol. The summed E-state index contributed by atoms with van der Waals surface area (Å²) in [6, 6.07) is 9.84. The number of benzene rings is 1. The van der Waals surface area contributed by atoms with Crippen LogP contribution in [0.4, 0.5) is 0 Å². The summed E-state index contributed by atoms with van der Waals surface area (Å²) in [4.78, 5) is 10.6. The molecule has 0 aliphatic heterocycles. The SMILES string of the molecule is O=C(O)CNCc1cn(-c2ccccc2)nc1[C]1[CH][CH][CH][CH]1.[CH]1[CH][CH][CH][CH]1.[Fe+2]. The number of hydrogen-bond donors (Lipinski definition) is 2. The summed E-state index contributed by atoms with van der Waals surface area (Å²) in [5, 5.41) is 16.3. The van der Waals surface area contributed by atoms with Crippen LogP contribution >= 0.6 is 0 Å². The summed E-state index contributed by atoms with van der Waals surface area (Å²) < 4.78 is 1.82. The molecule has 5 nitrogen and oxygen atoms in total. The van der Waals surface area contributed by atoms with Crippen molar-refractivity contribution in [2.24, 2.45) is 0 Å². The molecule has 0 atom stereocenters. The Hall–Kier alpha value is -1.62. The van der Waals surface area contributed by atoms with Gasteiger partial charge in [-0.1, -0.05) is 18.2 Å². The predicted molar refractivity (Wildman–Crippen MR) is 104 cm³/mol. The molecule has 1 aromatic heterocycles. The summed E-state index contributed by atoms with van der Waals surface area (Å²) >= 11 is 0. The first-order valence-electron chi connectivity index (χ1n) is 8.69. The maximum absolute atomic E-state index is 10.6. The molecule has 0 unspecified atom stereocenters. The molecule has 2 aromatic rings. The molecule has 0 saturated heterocycles. The van der Waals surface area contributed by atoms with Gasteiger partial charge in [-0.3, -0.25) is 4.79 Å². The van der Waals surface area contributed by atoms with E-state index >= 15 is 0 Å². The molecule has 1 aromatic carbocycles. The molecule has 2 saturated carbocycles. The van der Waals surface area contributed by atoms with E-state index < -0.39 is 5.97 Å². The van der Waals surface area contributed by atoms with Gasteiger partial charge in [-0.15, -0.1) is 0 Å². The minimum atomic E-state index is -0.870. The van der Waals surface area contributed by atoms with Gasteiger partial charge in [0, 0.05) is 24.2 Å². The molecule has 4 rings (SSSR count). The fraction of sp³-hybridized carbons (Fsp3) is 0.0909. The third-order valence-electron chi connectivity index (χ3n) is 3.89. The Morgan fingerprint density at radius 2 is 1.57 bits per heavy atom. The van der Waals surface area contributed by atoms with Gasteiger partial charge in [-0.2, -0.15) is 5.10 Å². The molecule has 142 valence electrons. The summed E-state index contributed by atoms with van der Waals surface area (Å²) in [7, 11) is 0. The summed E-state index contributed by atoms with van der Waals surface area (Å²) in [6.07, 6.45) is 19.9. The van der Waals surface area contributed by atoms with E-state index in [4.69, 9.17) is 5.11 Å². The fourth-order valence-electron chi connectivity index (χ4n) is 2.65. The van der Waals surface area contributed by atoms with Crippen LogP contribution in [0.25, 0.3) is 5.69 Å². The van der Waals surface area contributed by atoms with Gasteiger partial charge in [0.15, 0.2) is 0 Å². The zero-order valence-electron chi connectivity index (χ0n) is 15.2. The number of hydrogen-bond acceptors (Lipinski definition) is 3. The summed E-state index contributed by atoms with van der Waals surface area (Å²) in [5.41, 5.74) is 2.81. The molecule has 10 radical (unpaired) electrons. The second-order valence-electron chi connectivity index (χ2n) is 5.92. The normalized spacial score (nSPS) is 16.3. The van der Waals surface area contributed by atoms with Crippen molar-refractivity contribution in [1.29, 1.82) is 0 Å². The Labute approximate surface area is 178 Å². The molecule has 0 bridgehead atoms. The van der Waals surface area contributed by atoms with Crippen LogP contribution in [0.3, 0.4) is 0 Å². The number of carboxylic acids is 1. The van der Waals surface area contributed by atoms with Gasteiger partial charge in [0.25, 0.3) is 0 Å². The van der Waals surface area contributed by atoms with Gasteiger partial charge in [-0.05, 0) is 69.9 Å². The van der Waals surface area contributed by atoms with Crippen LogP contribution in [0.15, 0.2) is 36.5 Å². The van der Waals surface area contributed by atoms with Crippen LogP contribution in [0, 0.1) is 63.7 Å². The van der Waals surface area contributed by atoms with Crippen molar-refractivity contribution < 1.29 is 27.0 Å². The molecule has 2 aliphatic rings. The number of nitrogens with one attached hydrogen (secondary N) is 1. The van der Waals surface area contributed by atoms with Crippen molar-refractivity contribution in [2.45, 2.75) is 6.54 Å². The van der Waals surface area contributed by atoms with Crippen molar-refractivity contribution >= 4 is 5.97 Å². The zero-order valence-corrected chi connectivity index (χ0v) is 16.3. The number of carboxylic acid groups (broad SMARTS) is 1. The molecule has 2 N–H and O–H groups in total. The second kappa shape index (κ2) is 12.1. The molecule has 2 fully saturated rings. The van der Waals surface area contributed by atoms with E-state index in [2.05, 4.69) is 10.4 Å². The third kappa shape index (κ3) is 6.77. The van der Waals surface area contributed by atoms with Crippen LogP contribution in [0.1, 0.15) is 11.3 Å². The van der Waals surface area contributed by atoms with Crippen molar-refractivity contribution in [3.63, 3.8) is 0 Å². The van der Waals surface area contributed by atoms with E-state index in [-0.39, 0.29) is 23.6 Å². The number of nitrogens with zero attached hydrogens (tertiary/aromatic N) is 2. The molecule has 0 spiro atoms. The summed E-state index contributed by atoms with van der Waals surface area (Å²) in [5.74, 6) is 0.159. The molecule has 2 aliphatic carbocycles. The zero-order chi connectivity index (χ0) is 18.9. The number of aromatic nitrogens is 2. The molecule has 1 heterocycles. The van der Waals surface area contributed by atoms with Crippen molar-refractivity contribution in [1.82, 2.24) is 15.1 Å². The van der Waals surface area contributed by atoms with Crippen LogP contribution in [0.2, 0.25) is 0 Å². The maximum atomic E-state index is 10.6. The van der Waals surface area contributed by atoms with Gasteiger partial charge in [0.1, 0.15) is 0 Å². The minimum absolute atomic E-state index is 0. The molecule has 28 heavy (non-hydrogen) atoms. The average Bonchev–Trinajstić information content (AvgIpc) is 3.44. The number of aliphatic carboxylic acids is 1. The van der Waals surface area contributed by atoms with Crippen molar-refractivity contribution in [3.8, 4) is 5.69 Å². The number of carbonyl (C=O) groups is 1. The smallest absolute Gasteiger partial charge is 0.480 e. The maximum Gasteiger partial charge on any atom is 2.00 e. The number of rotatable bonds is 6. The van der Waals surface area contributed by atoms with Crippen LogP contribution in [0.5, 0.6) is 0 Å². The molecule has 0 amide bonds. The quantitative estimate of drug-likeness (QED) is 0.713. The Kier molecular flexibility index (Phi) is 9.76. The predicted octanol–water partition coefficient (Wildman–Crippen LogP) is 2.82. The molecule has 6 heteroatoms.